The number of benzene rings is 1. The van der Waals surface area contributed by atoms with E-state index in [1.807, 2.05) is 0 Å². The molecule has 0 aliphatic heterocycles. The number of aromatic nitrogens is 1. The lowest BCUT2D eigenvalue weighted by Gasteiger charge is -2.09. The van der Waals surface area contributed by atoms with Gasteiger partial charge in [0.2, 0.25) is 5.91 Å². The van der Waals surface area contributed by atoms with E-state index in [0.29, 0.717) is 17.2 Å². The van der Waals surface area contributed by atoms with Crippen molar-refractivity contribution < 1.29 is 14.0 Å². The molecule has 1 heterocycles. The van der Waals surface area contributed by atoms with E-state index in [-0.39, 0.29) is 17.7 Å². The zero-order valence-corrected chi connectivity index (χ0v) is 13.7. The highest BCUT2D eigenvalue weighted by Gasteiger charge is 2.32. The Bertz CT molecular complexity index is 786. The Labute approximate surface area is 142 Å². The fourth-order valence-electron chi connectivity index (χ4n) is 2.60. The van der Waals surface area contributed by atoms with E-state index in [1.54, 1.807) is 6.08 Å². The maximum absolute atomic E-state index is 12.9. The van der Waals surface area contributed by atoms with Gasteiger partial charge in [0.25, 0.3) is 5.91 Å². The average molecular weight is 345 g/mol. The van der Waals surface area contributed by atoms with Gasteiger partial charge in [0, 0.05) is 17.0 Å². The molecule has 0 saturated carbocycles. The van der Waals surface area contributed by atoms with Gasteiger partial charge in [-0.05, 0) is 37.1 Å². The van der Waals surface area contributed by atoms with E-state index in [4.69, 9.17) is 0 Å². The summed E-state index contributed by atoms with van der Waals surface area (Å²) >= 11 is 1.38. The zero-order valence-electron chi connectivity index (χ0n) is 12.8. The van der Waals surface area contributed by atoms with Gasteiger partial charge in [-0.3, -0.25) is 14.9 Å². The first-order valence-corrected chi connectivity index (χ1v) is 8.35. The number of anilines is 1. The van der Waals surface area contributed by atoms with Crippen LogP contribution in [-0.2, 0) is 11.2 Å². The van der Waals surface area contributed by atoms with E-state index in [0.717, 1.165) is 23.4 Å². The van der Waals surface area contributed by atoms with Gasteiger partial charge in [-0.15, -0.1) is 17.9 Å². The number of nitrogens with zero attached hydrogens (tertiary/aromatic N) is 1. The van der Waals surface area contributed by atoms with Gasteiger partial charge >= 0.3 is 0 Å². The van der Waals surface area contributed by atoms with Crippen molar-refractivity contribution in [2.24, 2.45) is 0 Å². The molecule has 0 radical (unpaired) electrons. The Hall–Kier alpha value is -2.54. The highest BCUT2D eigenvalue weighted by molar-refractivity contribution is 7.16. The monoisotopic (exact) mass is 345 g/mol. The van der Waals surface area contributed by atoms with Crippen molar-refractivity contribution in [3.05, 3.63) is 58.9 Å². The molecular formula is C17H16FN3O2S. The van der Waals surface area contributed by atoms with E-state index in [9.17, 15) is 14.0 Å². The number of rotatable bonds is 5. The Kier molecular flexibility index (Phi) is 4.71. The van der Waals surface area contributed by atoms with Crippen molar-refractivity contribution in [3.63, 3.8) is 0 Å². The Morgan fingerprint density at radius 1 is 1.38 bits per heavy atom. The van der Waals surface area contributed by atoms with Crippen LogP contribution in [0, 0.1) is 5.82 Å². The number of nitrogens with one attached hydrogen (secondary N) is 2. The summed E-state index contributed by atoms with van der Waals surface area (Å²) in [6, 6.07) is 5.29. The molecule has 2 N–H and O–H groups in total. The van der Waals surface area contributed by atoms with E-state index >= 15 is 0 Å². The van der Waals surface area contributed by atoms with Crippen LogP contribution in [0.15, 0.2) is 36.9 Å². The molecule has 0 spiro atoms. The number of halogens is 1. The van der Waals surface area contributed by atoms with Crippen LogP contribution in [0.3, 0.4) is 0 Å². The number of hydrogen-bond donors (Lipinski definition) is 2. The van der Waals surface area contributed by atoms with Crippen molar-refractivity contribution in [3.8, 4) is 0 Å². The molecule has 1 aliphatic rings. The molecule has 0 bridgehead atoms. The van der Waals surface area contributed by atoms with Crippen molar-refractivity contribution in [2.75, 3.05) is 11.9 Å². The van der Waals surface area contributed by atoms with Crippen LogP contribution in [-0.4, -0.2) is 23.3 Å². The third-order valence-corrected chi connectivity index (χ3v) is 4.83. The number of carbonyl (C=O) groups is 2. The van der Waals surface area contributed by atoms with Crippen LogP contribution in [0.4, 0.5) is 9.52 Å². The summed E-state index contributed by atoms with van der Waals surface area (Å²) in [5.74, 6) is -1.11. The third-order valence-electron chi connectivity index (χ3n) is 3.78. The summed E-state index contributed by atoms with van der Waals surface area (Å²) in [6.07, 6.45) is 3.12. The molecule has 0 fully saturated rings. The molecule has 1 aromatic heterocycles. The zero-order chi connectivity index (χ0) is 17.1. The second-order valence-corrected chi connectivity index (χ2v) is 6.50. The summed E-state index contributed by atoms with van der Waals surface area (Å²) in [5.41, 5.74) is 1.09. The molecule has 124 valence electrons. The molecule has 24 heavy (non-hydrogen) atoms. The molecule has 1 atom stereocenters. The van der Waals surface area contributed by atoms with Crippen LogP contribution in [0.5, 0.6) is 0 Å². The predicted molar refractivity (Wildman–Crippen MR) is 90.7 cm³/mol. The number of aryl methyl sites for hydroxylation is 1. The standard InChI is InChI=1S/C17H16FN3O2S/c1-2-9-19-16(23)12-7-8-13-14(12)20-17(24-13)21-15(22)10-3-5-11(18)6-4-10/h2-6,12H,1,7-9H2,(H,19,23)(H,20,21,22). The molecule has 1 unspecified atom stereocenters. The van der Waals surface area contributed by atoms with E-state index in [1.165, 1.54) is 35.6 Å². The first kappa shape index (κ1) is 16.3. The second kappa shape index (κ2) is 6.92. The molecule has 1 aromatic carbocycles. The fourth-order valence-corrected chi connectivity index (χ4v) is 3.64. The number of hydrogen-bond acceptors (Lipinski definition) is 4. The summed E-state index contributed by atoms with van der Waals surface area (Å²) < 4.78 is 12.9. The number of amides is 2. The van der Waals surface area contributed by atoms with Crippen LogP contribution in [0.1, 0.15) is 33.3 Å². The highest BCUT2D eigenvalue weighted by atomic mass is 32.1. The highest BCUT2D eigenvalue weighted by Crippen LogP contribution is 2.38. The molecule has 3 rings (SSSR count). The maximum Gasteiger partial charge on any atom is 0.257 e. The number of thiazole rings is 1. The lowest BCUT2D eigenvalue weighted by atomic mass is 10.1. The van der Waals surface area contributed by atoms with Gasteiger partial charge < -0.3 is 5.32 Å². The van der Waals surface area contributed by atoms with Gasteiger partial charge in [-0.2, -0.15) is 0 Å². The molecule has 2 aromatic rings. The summed E-state index contributed by atoms with van der Waals surface area (Å²) in [6.45, 7) is 3.99. The van der Waals surface area contributed by atoms with Gasteiger partial charge in [0.1, 0.15) is 5.82 Å². The van der Waals surface area contributed by atoms with Crippen molar-refractivity contribution >= 4 is 28.3 Å². The summed E-state index contributed by atoms with van der Waals surface area (Å²) in [4.78, 5) is 29.7. The second-order valence-electron chi connectivity index (χ2n) is 5.41. The van der Waals surface area contributed by atoms with Crippen LogP contribution in [0.25, 0.3) is 0 Å². The van der Waals surface area contributed by atoms with Crippen LogP contribution < -0.4 is 10.6 Å². The predicted octanol–water partition coefficient (Wildman–Crippen LogP) is 2.87. The number of fused-ring (bicyclic) bond motifs is 1. The van der Waals surface area contributed by atoms with Gasteiger partial charge in [-0.1, -0.05) is 6.08 Å². The maximum atomic E-state index is 12.9. The van der Waals surface area contributed by atoms with Crippen LogP contribution in [0.2, 0.25) is 0 Å². The van der Waals surface area contributed by atoms with E-state index < -0.39 is 5.82 Å². The minimum Gasteiger partial charge on any atom is -0.352 e. The van der Waals surface area contributed by atoms with Crippen molar-refractivity contribution in [1.29, 1.82) is 0 Å². The molecule has 0 saturated heterocycles. The third kappa shape index (κ3) is 3.35. The summed E-state index contributed by atoms with van der Waals surface area (Å²) in [5, 5.41) is 5.94. The van der Waals surface area contributed by atoms with Gasteiger partial charge in [0.05, 0.1) is 11.6 Å². The normalized spacial score (nSPS) is 15.6. The van der Waals surface area contributed by atoms with E-state index in [2.05, 4.69) is 22.2 Å². The number of carbonyl (C=O) groups excluding carboxylic acids is 2. The lowest BCUT2D eigenvalue weighted by molar-refractivity contribution is -0.122. The van der Waals surface area contributed by atoms with Crippen LogP contribution >= 0.6 is 11.3 Å². The molecule has 1 aliphatic carbocycles. The molecule has 2 amide bonds. The lowest BCUT2D eigenvalue weighted by Crippen LogP contribution is -2.28. The first-order chi connectivity index (χ1) is 11.6. The molecule has 5 nitrogen and oxygen atoms in total. The molecular weight excluding hydrogens is 329 g/mol. The Balaban J connectivity index is 1.71. The minimum atomic E-state index is -0.395. The summed E-state index contributed by atoms with van der Waals surface area (Å²) in [7, 11) is 0. The largest absolute Gasteiger partial charge is 0.352 e. The Morgan fingerprint density at radius 3 is 2.83 bits per heavy atom. The Morgan fingerprint density at radius 2 is 2.12 bits per heavy atom. The first-order valence-electron chi connectivity index (χ1n) is 7.53. The van der Waals surface area contributed by atoms with Crippen molar-refractivity contribution in [2.45, 2.75) is 18.8 Å². The van der Waals surface area contributed by atoms with Crippen molar-refractivity contribution in [1.82, 2.24) is 10.3 Å². The fraction of sp³-hybridized carbons (Fsp3) is 0.235. The topological polar surface area (TPSA) is 71.1 Å². The quantitative estimate of drug-likeness (QED) is 0.819. The minimum absolute atomic E-state index is 0.0737. The van der Waals surface area contributed by atoms with Gasteiger partial charge in [-0.25, -0.2) is 9.37 Å². The average Bonchev–Trinajstić information content (AvgIpc) is 3.13. The molecule has 7 heteroatoms. The van der Waals surface area contributed by atoms with Gasteiger partial charge in [0.15, 0.2) is 5.13 Å². The SMILES string of the molecule is C=CCNC(=O)C1CCc2sc(NC(=O)c3ccc(F)cc3)nc21. The smallest absolute Gasteiger partial charge is 0.257 e.